The van der Waals surface area contributed by atoms with Crippen LogP contribution in [0, 0.1) is 17.2 Å². The number of amides is 2. The predicted molar refractivity (Wildman–Crippen MR) is 121 cm³/mol. The monoisotopic (exact) mass is 442 g/mol. The Bertz CT molecular complexity index is 942. The van der Waals surface area contributed by atoms with E-state index in [1.807, 2.05) is 0 Å². The maximum atomic E-state index is 12.2. The van der Waals surface area contributed by atoms with Crippen molar-refractivity contribution in [2.24, 2.45) is 10.9 Å². The van der Waals surface area contributed by atoms with Crippen LogP contribution in [-0.4, -0.2) is 42.6 Å². The van der Waals surface area contributed by atoms with Gasteiger partial charge in [0.25, 0.3) is 0 Å². The molecule has 2 unspecified atom stereocenters. The first-order valence-electron chi connectivity index (χ1n) is 9.78. The Morgan fingerprint density at radius 3 is 2.94 bits per heavy atom. The molecule has 0 radical (unpaired) electrons. The number of carbonyl (C=O) groups is 2. The zero-order valence-electron chi connectivity index (χ0n) is 17.4. The summed E-state index contributed by atoms with van der Waals surface area (Å²) in [7, 11) is 0. The standard InChI is InChI=1S/C22H26N4O4S/c1-4-24-11-14(2)5-8-20(28)26-21-18(10-23)17-7-6-16(9-19(17)31-21)13-30-22(29)25-15(3)12-27/h4-5,8,11,15-16,27H,1-2,6-7,9,12-13H2,3H3,(H,25,29)(H,26,28)/b8-5+,24-11?. The number of allylic oxidation sites excluding steroid dienone is 2. The van der Waals surface area contributed by atoms with Crippen molar-refractivity contribution in [3.8, 4) is 6.07 Å². The highest BCUT2D eigenvalue weighted by Crippen LogP contribution is 2.39. The van der Waals surface area contributed by atoms with E-state index in [1.54, 1.807) is 6.92 Å². The average Bonchev–Trinajstić information content (AvgIpc) is 3.10. The normalized spacial score (nSPS) is 16.4. The van der Waals surface area contributed by atoms with E-state index in [0.29, 0.717) is 29.0 Å². The van der Waals surface area contributed by atoms with Crippen LogP contribution in [0.15, 0.2) is 42.1 Å². The highest BCUT2D eigenvalue weighted by atomic mass is 32.1. The van der Waals surface area contributed by atoms with Crippen molar-refractivity contribution in [1.29, 1.82) is 5.26 Å². The fraction of sp³-hybridized carbons (Fsp3) is 0.364. The summed E-state index contributed by atoms with van der Waals surface area (Å²) < 4.78 is 5.25. The van der Waals surface area contributed by atoms with Crippen LogP contribution in [0.4, 0.5) is 9.80 Å². The second-order valence-electron chi connectivity index (χ2n) is 7.11. The zero-order chi connectivity index (χ0) is 22.8. The molecule has 2 atom stereocenters. The number of fused-ring (bicyclic) bond motifs is 1. The first-order valence-corrected chi connectivity index (χ1v) is 10.6. The molecule has 0 saturated carbocycles. The van der Waals surface area contributed by atoms with Gasteiger partial charge in [-0.1, -0.05) is 13.2 Å². The Morgan fingerprint density at radius 1 is 1.48 bits per heavy atom. The third-order valence-electron chi connectivity index (χ3n) is 4.60. The summed E-state index contributed by atoms with van der Waals surface area (Å²) in [4.78, 5) is 28.8. The minimum atomic E-state index is -0.560. The zero-order valence-corrected chi connectivity index (χ0v) is 18.2. The molecule has 3 N–H and O–H groups in total. The molecule has 164 valence electrons. The van der Waals surface area contributed by atoms with Crippen LogP contribution >= 0.6 is 11.3 Å². The smallest absolute Gasteiger partial charge is 0.407 e. The van der Waals surface area contributed by atoms with Crippen LogP contribution in [0.25, 0.3) is 0 Å². The van der Waals surface area contributed by atoms with Crippen molar-refractivity contribution in [2.45, 2.75) is 32.2 Å². The number of carbonyl (C=O) groups excluding carboxylic acids is 2. The van der Waals surface area contributed by atoms with Gasteiger partial charge in [0.05, 0.1) is 24.8 Å². The van der Waals surface area contributed by atoms with E-state index in [9.17, 15) is 14.9 Å². The Morgan fingerprint density at radius 2 is 2.26 bits per heavy atom. The number of anilines is 1. The van der Waals surface area contributed by atoms with Gasteiger partial charge in [-0.05, 0) is 49.3 Å². The molecule has 1 aliphatic carbocycles. The largest absolute Gasteiger partial charge is 0.449 e. The van der Waals surface area contributed by atoms with E-state index in [-0.39, 0.29) is 31.1 Å². The Kier molecular flexibility index (Phi) is 9.18. The number of rotatable bonds is 9. The van der Waals surface area contributed by atoms with Gasteiger partial charge in [0.2, 0.25) is 5.91 Å². The second-order valence-corrected chi connectivity index (χ2v) is 8.22. The van der Waals surface area contributed by atoms with Crippen molar-refractivity contribution in [3.05, 3.63) is 53.1 Å². The van der Waals surface area contributed by atoms with Crippen LogP contribution in [0.3, 0.4) is 0 Å². The fourth-order valence-corrected chi connectivity index (χ4v) is 4.33. The summed E-state index contributed by atoms with van der Waals surface area (Å²) in [5.41, 5.74) is 1.98. The van der Waals surface area contributed by atoms with Crippen molar-refractivity contribution in [1.82, 2.24) is 5.32 Å². The number of nitriles is 1. The molecule has 2 rings (SSSR count). The van der Waals surface area contributed by atoms with Gasteiger partial charge >= 0.3 is 6.09 Å². The molecule has 1 heterocycles. The summed E-state index contributed by atoms with van der Waals surface area (Å²) >= 11 is 1.38. The minimum absolute atomic E-state index is 0.129. The fourth-order valence-electron chi connectivity index (χ4n) is 3.01. The molecule has 2 amide bonds. The molecule has 0 aromatic carbocycles. The number of hydrogen-bond acceptors (Lipinski definition) is 7. The molecular formula is C22H26N4O4S. The quantitative estimate of drug-likeness (QED) is 0.308. The summed E-state index contributed by atoms with van der Waals surface area (Å²) in [5, 5.41) is 24.4. The third kappa shape index (κ3) is 7.20. The number of aliphatic hydroxyl groups is 1. The van der Waals surface area contributed by atoms with Crippen molar-refractivity contribution >= 4 is 34.6 Å². The first kappa shape index (κ1) is 24.1. The van der Waals surface area contributed by atoms with Gasteiger partial charge in [0.1, 0.15) is 11.1 Å². The number of aliphatic hydroxyl groups excluding tert-OH is 1. The lowest BCUT2D eigenvalue weighted by molar-refractivity contribution is -0.111. The van der Waals surface area contributed by atoms with Crippen LogP contribution in [-0.2, 0) is 22.4 Å². The van der Waals surface area contributed by atoms with Gasteiger partial charge in [-0.2, -0.15) is 5.26 Å². The van der Waals surface area contributed by atoms with E-state index in [0.717, 1.165) is 16.9 Å². The third-order valence-corrected chi connectivity index (χ3v) is 5.77. The van der Waals surface area contributed by atoms with Gasteiger partial charge < -0.3 is 20.5 Å². The predicted octanol–water partition coefficient (Wildman–Crippen LogP) is 3.10. The van der Waals surface area contributed by atoms with Crippen LogP contribution in [0.2, 0.25) is 0 Å². The molecule has 8 nitrogen and oxygen atoms in total. The van der Waals surface area contributed by atoms with Gasteiger partial charge in [-0.3, -0.25) is 9.79 Å². The molecule has 0 spiro atoms. The Balaban J connectivity index is 1.99. The summed E-state index contributed by atoms with van der Waals surface area (Å²) in [6, 6.07) is 1.83. The number of alkyl carbamates (subject to hydrolysis) is 1. The number of hydrogen-bond donors (Lipinski definition) is 3. The molecule has 0 saturated heterocycles. The number of nitrogens with zero attached hydrogens (tertiary/aromatic N) is 2. The molecule has 1 aromatic rings. The summed E-state index contributed by atoms with van der Waals surface area (Å²) in [5.74, 6) is -0.235. The van der Waals surface area contributed by atoms with E-state index < -0.39 is 6.09 Å². The van der Waals surface area contributed by atoms with Crippen LogP contribution < -0.4 is 10.6 Å². The molecule has 9 heteroatoms. The van der Waals surface area contributed by atoms with Gasteiger partial charge in [-0.25, -0.2) is 4.79 Å². The van der Waals surface area contributed by atoms with E-state index >= 15 is 0 Å². The number of thiophene rings is 1. The summed E-state index contributed by atoms with van der Waals surface area (Å²) in [6.07, 6.45) is 7.27. The summed E-state index contributed by atoms with van der Waals surface area (Å²) in [6.45, 7) is 8.99. The molecule has 1 aliphatic rings. The number of aliphatic imine (C=N–C) groups is 1. The maximum Gasteiger partial charge on any atom is 0.407 e. The second kappa shape index (κ2) is 11.8. The van der Waals surface area contributed by atoms with Gasteiger partial charge in [0, 0.05) is 23.4 Å². The number of nitrogens with one attached hydrogen (secondary N) is 2. The average molecular weight is 443 g/mol. The van der Waals surface area contributed by atoms with E-state index in [4.69, 9.17) is 9.84 Å². The molecule has 1 aromatic heterocycles. The maximum absolute atomic E-state index is 12.2. The van der Waals surface area contributed by atoms with Crippen molar-refractivity contribution in [3.63, 3.8) is 0 Å². The number of ether oxygens (including phenoxy) is 1. The molecule has 31 heavy (non-hydrogen) atoms. The molecule has 0 bridgehead atoms. The van der Waals surface area contributed by atoms with E-state index in [1.165, 1.54) is 35.9 Å². The lowest BCUT2D eigenvalue weighted by Crippen LogP contribution is -2.36. The van der Waals surface area contributed by atoms with Crippen LogP contribution in [0.1, 0.15) is 29.3 Å². The Hall–Kier alpha value is -3.22. The highest BCUT2D eigenvalue weighted by Gasteiger charge is 2.27. The highest BCUT2D eigenvalue weighted by molar-refractivity contribution is 7.16. The lowest BCUT2D eigenvalue weighted by atomic mass is 9.88. The van der Waals surface area contributed by atoms with Crippen LogP contribution in [0.5, 0.6) is 0 Å². The van der Waals surface area contributed by atoms with Gasteiger partial charge in [0.15, 0.2) is 0 Å². The molecule has 0 aliphatic heterocycles. The lowest BCUT2D eigenvalue weighted by Gasteiger charge is -2.22. The first-order chi connectivity index (χ1) is 14.9. The SMILES string of the molecule is C=CN=CC(=C)/C=C/C(=O)Nc1sc2c(c1C#N)CCC(COC(=O)NC(C)CO)C2. The van der Waals surface area contributed by atoms with E-state index in [2.05, 4.69) is 34.9 Å². The van der Waals surface area contributed by atoms with Crippen molar-refractivity contribution in [2.75, 3.05) is 18.5 Å². The molecule has 0 fully saturated rings. The van der Waals surface area contributed by atoms with Gasteiger partial charge in [-0.15, -0.1) is 11.3 Å². The minimum Gasteiger partial charge on any atom is -0.449 e. The van der Waals surface area contributed by atoms with Crippen molar-refractivity contribution < 1.29 is 19.4 Å². The molecular weight excluding hydrogens is 416 g/mol. The Labute approximate surface area is 185 Å². The topological polar surface area (TPSA) is 124 Å².